The Hall–Kier alpha value is -0.538. The molecule has 0 heterocycles. The van der Waals surface area contributed by atoms with Crippen molar-refractivity contribution in [3.05, 3.63) is 0 Å². The van der Waals surface area contributed by atoms with Gasteiger partial charge in [0.05, 0.1) is 0 Å². The molecular weight excluding hydrogens is 232 g/mol. The molecule has 0 radical (unpaired) electrons. The second-order valence-electron chi connectivity index (χ2n) is 0.500. The third kappa shape index (κ3) is 769. The van der Waals surface area contributed by atoms with Crippen LogP contribution in [0.25, 0.3) is 0 Å². The van der Waals surface area contributed by atoms with Gasteiger partial charge in [0.15, 0.2) is 0 Å². The third-order valence-corrected chi connectivity index (χ3v) is 0. The SMILES string of the molecule is O=C([O-])[O-].O=C([O-])[O-].[Cd+2]. The van der Waals surface area contributed by atoms with Crippen molar-refractivity contribution in [3.63, 3.8) is 0 Å². The fraction of sp³-hybridized carbons (Fsp3) is 0. The molecule has 6 nitrogen and oxygen atoms in total. The van der Waals surface area contributed by atoms with Crippen LogP contribution in [0.15, 0.2) is 0 Å². The summed E-state index contributed by atoms with van der Waals surface area (Å²) >= 11 is 0. The average Bonchev–Trinajstić information content (AvgIpc) is 1.25. The number of carboxylic acid groups (broad SMARTS) is 4. The predicted molar refractivity (Wildman–Crippen MR) is 10.8 cm³/mol. The van der Waals surface area contributed by atoms with Crippen LogP contribution >= 0.6 is 0 Å². The molecule has 0 bridgehead atoms. The Morgan fingerprint density at radius 2 is 0.778 bits per heavy atom. The molecule has 0 aliphatic rings. The summed E-state index contributed by atoms with van der Waals surface area (Å²) in [5, 5.41) is 33.3. The van der Waals surface area contributed by atoms with E-state index >= 15 is 0 Å². The zero-order chi connectivity index (χ0) is 7.15. The van der Waals surface area contributed by atoms with E-state index in [0.29, 0.717) is 0 Å². The predicted octanol–water partition coefficient (Wildman–Crippen LogP) is -4.90. The Kier molecular flexibility index (Phi) is 18.3. The summed E-state index contributed by atoms with van der Waals surface area (Å²) in [6.07, 6.45) is -4.67. The molecule has 0 atom stereocenters. The third-order valence-electron chi connectivity index (χ3n) is 0. The summed E-state index contributed by atoms with van der Waals surface area (Å²) in [7, 11) is 0. The second-order valence-corrected chi connectivity index (χ2v) is 0.500. The fourth-order valence-electron chi connectivity index (χ4n) is 0. The summed E-state index contributed by atoms with van der Waals surface area (Å²) in [5.74, 6) is 0. The van der Waals surface area contributed by atoms with Crippen LogP contribution in [0.2, 0.25) is 0 Å². The summed E-state index contributed by atoms with van der Waals surface area (Å²) in [5.41, 5.74) is 0. The minimum Gasteiger partial charge on any atom is -0.652 e. The van der Waals surface area contributed by atoms with E-state index in [4.69, 9.17) is 30.0 Å². The van der Waals surface area contributed by atoms with E-state index in [9.17, 15) is 0 Å². The number of hydrogen-bond acceptors (Lipinski definition) is 6. The smallest absolute Gasteiger partial charge is 0.652 e. The standard InChI is InChI=1S/2CH2O3.Cd/c2*2-1(3)4;/h2*(H2,2,3,4);/q;;+2/p-4. The average molecular weight is 232 g/mol. The van der Waals surface area contributed by atoms with E-state index in [0.717, 1.165) is 0 Å². The molecule has 0 aromatic carbocycles. The molecule has 0 N–H and O–H groups in total. The van der Waals surface area contributed by atoms with E-state index in [1.807, 2.05) is 0 Å². The van der Waals surface area contributed by atoms with Crippen LogP contribution in [-0.2, 0) is 27.3 Å². The molecule has 0 aliphatic heterocycles. The molecule has 0 aromatic rings. The molecule has 0 spiro atoms. The van der Waals surface area contributed by atoms with E-state index in [1.54, 1.807) is 0 Å². The van der Waals surface area contributed by atoms with E-state index in [-0.39, 0.29) is 27.3 Å². The van der Waals surface area contributed by atoms with Gasteiger partial charge < -0.3 is 30.0 Å². The Morgan fingerprint density at radius 1 is 0.778 bits per heavy atom. The maximum Gasteiger partial charge on any atom is 2.00 e. The molecule has 7 heteroatoms. The molecule has 0 unspecified atom stereocenters. The van der Waals surface area contributed by atoms with Crippen molar-refractivity contribution >= 4 is 12.3 Å². The van der Waals surface area contributed by atoms with Gasteiger partial charge in [-0.1, -0.05) is 0 Å². The van der Waals surface area contributed by atoms with Gasteiger partial charge in [-0.3, -0.25) is 0 Å². The van der Waals surface area contributed by atoms with Crippen LogP contribution in [0, 0.1) is 0 Å². The van der Waals surface area contributed by atoms with Crippen molar-refractivity contribution in [1.29, 1.82) is 0 Å². The molecule has 9 heavy (non-hydrogen) atoms. The first-order valence-corrected chi connectivity index (χ1v) is 1.22. The number of carbonyl (C=O) groups is 2. The van der Waals surface area contributed by atoms with Gasteiger partial charge in [-0.2, -0.15) is 0 Å². The van der Waals surface area contributed by atoms with Crippen LogP contribution in [0.4, 0.5) is 9.59 Å². The molecule has 0 fully saturated rings. The monoisotopic (exact) mass is 234 g/mol. The van der Waals surface area contributed by atoms with Gasteiger partial charge in [0, 0.05) is 0 Å². The van der Waals surface area contributed by atoms with Crippen molar-refractivity contribution in [3.8, 4) is 0 Å². The van der Waals surface area contributed by atoms with Crippen LogP contribution in [0.5, 0.6) is 0 Å². The van der Waals surface area contributed by atoms with Crippen LogP contribution in [-0.4, -0.2) is 12.3 Å². The molecule has 48 valence electrons. The van der Waals surface area contributed by atoms with Gasteiger partial charge >= 0.3 is 27.3 Å². The molecular formula is C2CdO6-2. The Balaban J connectivity index is -0.0000000720. The van der Waals surface area contributed by atoms with Gasteiger partial charge in [0.25, 0.3) is 0 Å². The fourth-order valence-corrected chi connectivity index (χ4v) is 0. The first-order chi connectivity index (χ1) is 3.46. The first-order valence-electron chi connectivity index (χ1n) is 1.22. The van der Waals surface area contributed by atoms with Crippen LogP contribution < -0.4 is 20.4 Å². The van der Waals surface area contributed by atoms with Gasteiger partial charge in [-0.05, 0) is 12.3 Å². The van der Waals surface area contributed by atoms with Crippen molar-refractivity contribution in [2.75, 3.05) is 0 Å². The number of hydrogen-bond donors (Lipinski definition) is 0. The molecule has 0 aromatic heterocycles. The van der Waals surface area contributed by atoms with Crippen LogP contribution in [0.3, 0.4) is 0 Å². The molecule has 0 aliphatic carbocycles. The summed E-state index contributed by atoms with van der Waals surface area (Å²) in [4.78, 5) is 16.7. The van der Waals surface area contributed by atoms with E-state index in [1.165, 1.54) is 0 Å². The Labute approximate surface area is 69.9 Å². The van der Waals surface area contributed by atoms with E-state index < -0.39 is 12.3 Å². The van der Waals surface area contributed by atoms with Gasteiger partial charge in [-0.25, -0.2) is 0 Å². The first kappa shape index (κ1) is 15.8. The van der Waals surface area contributed by atoms with Crippen molar-refractivity contribution in [2.45, 2.75) is 0 Å². The molecule has 0 saturated heterocycles. The minimum atomic E-state index is -2.33. The van der Waals surface area contributed by atoms with Gasteiger partial charge in [-0.15, -0.1) is 0 Å². The van der Waals surface area contributed by atoms with E-state index in [2.05, 4.69) is 0 Å². The largest absolute Gasteiger partial charge is 2.00 e. The molecule has 0 amide bonds. The van der Waals surface area contributed by atoms with Gasteiger partial charge in [0.2, 0.25) is 0 Å². The maximum atomic E-state index is 8.33. The number of carbonyl (C=O) groups excluding carboxylic acids is 2. The van der Waals surface area contributed by atoms with Crippen molar-refractivity contribution < 1.29 is 57.3 Å². The van der Waals surface area contributed by atoms with Gasteiger partial charge in [0.1, 0.15) is 0 Å². The summed E-state index contributed by atoms with van der Waals surface area (Å²) in [6, 6.07) is 0. The zero-order valence-corrected chi connectivity index (χ0v) is 8.19. The second kappa shape index (κ2) is 10.4. The molecule has 0 saturated carbocycles. The number of rotatable bonds is 0. The normalized spacial score (nSPS) is 5.33. The summed E-state index contributed by atoms with van der Waals surface area (Å²) in [6.45, 7) is 0. The Bertz CT molecular complexity index is 69.1. The molecule has 0 rings (SSSR count). The van der Waals surface area contributed by atoms with Crippen molar-refractivity contribution in [2.24, 2.45) is 0 Å². The maximum absolute atomic E-state index is 8.33. The summed E-state index contributed by atoms with van der Waals surface area (Å²) < 4.78 is 0. The minimum absolute atomic E-state index is 0. The van der Waals surface area contributed by atoms with Crippen molar-refractivity contribution in [1.82, 2.24) is 0 Å². The topological polar surface area (TPSA) is 126 Å². The zero-order valence-electron chi connectivity index (χ0n) is 4.16. The quantitative estimate of drug-likeness (QED) is 0.385. The van der Waals surface area contributed by atoms with Crippen LogP contribution in [0.1, 0.15) is 0 Å². The Morgan fingerprint density at radius 3 is 0.778 bits per heavy atom.